The Hall–Kier alpha value is -1.50. The first-order valence-electron chi connectivity index (χ1n) is 4.25. The van der Waals surface area contributed by atoms with Crippen LogP contribution in [-0.4, -0.2) is 17.7 Å². The highest BCUT2D eigenvalue weighted by Crippen LogP contribution is 2.28. The molecule has 3 nitrogen and oxygen atoms in total. The Morgan fingerprint density at radius 1 is 1.47 bits per heavy atom. The van der Waals surface area contributed by atoms with E-state index in [1.54, 1.807) is 0 Å². The number of ether oxygens (including phenoxy) is 1. The molecule has 92 valence electrons. The van der Waals surface area contributed by atoms with Gasteiger partial charge in [0.2, 0.25) is 0 Å². The maximum absolute atomic E-state index is 13.3. The van der Waals surface area contributed by atoms with Crippen molar-refractivity contribution in [1.82, 2.24) is 0 Å². The lowest BCUT2D eigenvalue weighted by Gasteiger charge is -2.07. The van der Waals surface area contributed by atoms with Crippen LogP contribution in [0.3, 0.4) is 0 Å². The van der Waals surface area contributed by atoms with Crippen LogP contribution in [0.2, 0.25) is 0 Å². The molecule has 1 rings (SSSR count). The first kappa shape index (κ1) is 13.6. The summed E-state index contributed by atoms with van der Waals surface area (Å²) in [4.78, 5) is 10.3. The highest BCUT2D eigenvalue weighted by Gasteiger charge is 2.13. The van der Waals surface area contributed by atoms with Crippen molar-refractivity contribution >= 4 is 28.0 Å². The standard InChI is InChI=1S/C10H6BrF3O3/c11-6-3-5(1-2-8(15)16)4-7(9(6)12)17-10(13)14/h1-4,10H,(H,15,16)/b2-1+. The molecule has 0 atom stereocenters. The van der Waals surface area contributed by atoms with E-state index in [-0.39, 0.29) is 10.0 Å². The number of benzene rings is 1. The number of carboxylic acids is 1. The number of aliphatic carboxylic acids is 1. The third kappa shape index (κ3) is 4.10. The number of carboxylic acid groups (broad SMARTS) is 1. The third-order valence-corrected chi connectivity index (χ3v) is 2.23. The van der Waals surface area contributed by atoms with Gasteiger partial charge < -0.3 is 9.84 Å². The fraction of sp³-hybridized carbons (Fsp3) is 0.100. The number of alkyl halides is 2. The van der Waals surface area contributed by atoms with Crippen molar-refractivity contribution in [3.8, 4) is 5.75 Å². The van der Waals surface area contributed by atoms with E-state index in [2.05, 4.69) is 20.7 Å². The van der Waals surface area contributed by atoms with E-state index in [4.69, 9.17) is 5.11 Å². The summed E-state index contributed by atoms with van der Waals surface area (Å²) in [7, 11) is 0. The highest BCUT2D eigenvalue weighted by atomic mass is 79.9. The Bertz CT molecular complexity index is 460. The average molecular weight is 311 g/mol. The molecule has 0 radical (unpaired) electrons. The minimum absolute atomic E-state index is 0.0966. The number of carbonyl (C=O) groups is 1. The van der Waals surface area contributed by atoms with Gasteiger partial charge in [-0.15, -0.1) is 0 Å². The van der Waals surface area contributed by atoms with Crippen molar-refractivity contribution in [2.75, 3.05) is 0 Å². The zero-order valence-corrected chi connectivity index (χ0v) is 9.75. The van der Waals surface area contributed by atoms with Gasteiger partial charge in [0.05, 0.1) is 4.47 Å². The van der Waals surface area contributed by atoms with Crippen LogP contribution in [0.15, 0.2) is 22.7 Å². The van der Waals surface area contributed by atoms with E-state index < -0.39 is 24.1 Å². The van der Waals surface area contributed by atoms with Crippen molar-refractivity contribution in [3.63, 3.8) is 0 Å². The van der Waals surface area contributed by atoms with Gasteiger partial charge >= 0.3 is 12.6 Å². The summed E-state index contributed by atoms with van der Waals surface area (Å²) in [5, 5.41) is 8.39. The summed E-state index contributed by atoms with van der Waals surface area (Å²) in [5.41, 5.74) is 0.219. The average Bonchev–Trinajstić information content (AvgIpc) is 2.21. The predicted molar refractivity (Wildman–Crippen MR) is 57.4 cm³/mol. The lowest BCUT2D eigenvalue weighted by Crippen LogP contribution is -2.04. The summed E-state index contributed by atoms with van der Waals surface area (Å²) in [6, 6.07) is 2.22. The van der Waals surface area contributed by atoms with Gasteiger partial charge in [-0.3, -0.25) is 0 Å². The molecular weight excluding hydrogens is 305 g/mol. The molecule has 0 saturated heterocycles. The molecule has 0 saturated carbocycles. The van der Waals surface area contributed by atoms with Gasteiger partial charge in [-0.2, -0.15) is 8.78 Å². The van der Waals surface area contributed by atoms with Gasteiger partial charge in [0, 0.05) is 6.08 Å². The molecule has 0 unspecified atom stereocenters. The summed E-state index contributed by atoms with van der Waals surface area (Å²) in [6.45, 7) is -3.16. The van der Waals surface area contributed by atoms with Crippen molar-refractivity contribution < 1.29 is 27.8 Å². The summed E-state index contributed by atoms with van der Waals surface area (Å²) < 4.78 is 41.1. The fourth-order valence-corrected chi connectivity index (χ4v) is 1.49. The molecule has 0 aliphatic carbocycles. The second-order valence-electron chi connectivity index (χ2n) is 2.86. The molecule has 0 aliphatic heterocycles. The molecule has 1 aromatic carbocycles. The van der Waals surface area contributed by atoms with Crippen molar-refractivity contribution in [1.29, 1.82) is 0 Å². The Morgan fingerprint density at radius 2 is 2.12 bits per heavy atom. The molecule has 0 heterocycles. The van der Waals surface area contributed by atoms with Crippen molar-refractivity contribution in [3.05, 3.63) is 34.1 Å². The third-order valence-electron chi connectivity index (χ3n) is 1.65. The minimum Gasteiger partial charge on any atom is -0.478 e. The zero-order chi connectivity index (χ0) is 13.0. The Kier molecular flexibility index (Phi) is 4.56. The van der Waals surface area contributed by atoms with Crippen LogP contribution in [0.25, 0.3) is 6.08 Å². The number of rotatable bonds is 4. The zero-order valence-electron chi connectivity index (χ0n) is 8.16. The Morgan fingerprint density at radius 3 is 2.65 bits per heavy atom. The first-order valence-corrected chi connectivity index (χ1v) is 5.04. The van der Waals surface area contributed by atoms with E-state index in [1.807, 2.05) is 0 Å². The molecule has 7 heteroatoms. The van der Waals surface area contributed by atoms with Crippen LogP contribution in [0.1, 0.15) is 5.56 Å². The van der Waals surface area contributed by atoms with Gasteiger partial charge in [-0.25, -0.2) is 9.18 Å². The van der Waals surface area contributed by atoms with E-state index in [0.29, 0.717) is 0 Å². The van der Waals surface area contributed by atoms with Gasteiger partial charge in [0.25, 0.3) is 0 Å². The molecule has 0 fully saturated rings. The number of hydrogen-bond donors (Lipinski definition) is 1. The van der Waals surface area contributed by atoms with Crippen molar-refractivity contribution in [2.24, 2.45) is 0 Å². The lowest BCUT2D eigenvalue weighted by atomic mass is 10.2. The minimum atomic E-state index is -3.16. The lowest BCUT2D eigenvalue weighted by molar-refractivity contribution is -0.131. The Labute approximate surface area is 103 Å². The van der Waals surface area contributed by atoms with Crippen LogP contribution in [0, 0.1) is 5.82 Å². The SMILES string of the molecule is O=C(O)/C=C/c1cc(Br)c(F)c(OC(F)F)c1. The topological polar surface area (TPSA) is 46.5 Å². The maximum Gasteiger partial charge on any atom is 0.387 e. The molecule has 1 N–H and O–H groups in total. The van der Waals surface area contributed by atoms with Gasteiger partial charge in [0.1, 0.15) is 0 Å². The number of hydrogen-bond acceptors (Lipinski definition) is 2. The van der Waals surface area contributed by atoms with Crippen LogP contribution >= 0.6 is 15.9 Å². The first-order chi connectivity index (χ1) is 7.90. The van der Waals surface area contributed by atoms with Crippen molar-refractivity contribution in [2.45, 2.75) is 6.61 Å². The second-order valence-corrected chi connectivity index (χ2v) is 3.72. The molecule has 0 spiro atoms. The maximum atomic E-state index is 13.3. The van der Waals surface area contributed by atoms with E-state index in [0.717, 1.165) is 18.2 Å². The van der Waals surface area contributed by atoms with E-state index >= 15 is 0 Å². The molecule has 1 aromatic rings. The summed E-state index contributed by atoms with van der Waals surface area (Å²) >= 11 is 2.81. The van der Waals surface area contributed by atoms with Crippen LogP contribution < -0.4 is 4.74 Å². The summed E-state index contributed by atoms with van der Waals surface area (Å²) in [6.07, 6.45) is 1.93. The predicted octanol–water partition coefficient (Wildman–Crippen LogP) is 3.29. The van der Waals surface area contributed by atoms with Crippen LogP contribution in [0.5, 0.6) is 5.75 Å². The molecule has 0 aliphatic rings. The van der Waals surface area contributed by atoms with E-state index in [1.165, 1.54) is 6.07 Å². The van der Waals surface area contributed by atoms with Gasteiger partial charge in [0.15, 0.2) is 11.6 Å². The Balaban J connectivity index is 3.09. The van der Waals surface area contributed by atoms with Crippen LogP contribution in [0.4, 0.5) is 13.2 Å². The molecule has 0 aromatic heterocycles. The molecule has 17 heavy (non-hydrogen) atoms. The molecule has 0 bridgehead atoms. The normalized spacial score (nSPS) is 11.1. The van der Waals surface area contributed by atoms with E-state index in [9.17, 15) is 18.0 Å². The summed E-state index contributed by atoms with van der Waals surface area (Å²) in [5.74, 6) is -2.83. The smallest absolute Gasteiger partial charge is 0.387 e. The monoisotopic (exact) mass is 310 g/mol. The number of halogens is 4. The fourth-order valence-electron chi connectivity index (χ4n) is 1.03. The largest absolute Gasteiger partial charge is 0.478 e. The van der Waals surface area contributed by atoms with Gasteiger partial charge in [-0.1, -0.05) is 0 Å². The second kappa shape index (κ2) is 5.72. The van der Waals surface area contributed by atoms with Crippen LogP contribution in [-0.2, 0) is 4.79 Å². The molecule has 0 amide bonds. The quantitative estimate of drug-likeness (QED) is 0.868. The highest BCUT2D eigenvalue weighted by molar-refractivity contribution is 9.10. The van der Waals surface area contributed by atoms with Gasteiger partial charge in [-0.05, 0) is 39.7 Å². The molecular formula is C10H6BrF3O3.